The fourth-order valence-electron chi connectivity index (χ4n) is 8.31. The molecule has 1 aliphatic rings. The summed E-state index contributed by atoms with van der Waals surface area (Å²) in [5.41, 5.74) is 13.8. The van der Waals surface area contributed by atoms with E-state index in [4.69, 9.17) is 0 Å². The standard InChI is InChI=1S/C49H35NS/c1-49(2)44-21-7-5-17-40(44)41-29-28-37(31-45(41)49)50(46-22-11-20-43-42-18-6-8-23-47(42)51-48(43)46)36-26-24-32(25-27-36)34-14-9-15-35(30-34)39-19-10-13-33-12-3-4-16-38(33)39/h3-31H,1-2H3. The van der Waals surface area contributed by atoms with Gasteiger partial charge in [-0.15, -0.1) is 11.3 Å². The van der Waals surface area contributed by atoms with Crippen LogP contribution < -0.4 is 4.90 Å². The maximum atomic E-state index is 2.47. The van der Waals surface area contributed by atoms with Gasteiger partial charge in [-0.1, -0.05) is 147 Å². The van der Waals surface area contributed by atoms with Gasteiger partial charge in [0.25, 0.3) is 0 Å². The number of hydrogen-bond acceptors (Lipinski definition) is 2. The first-order valence-electron chi connectivity index (χ1n) is 17.7. The summed E-state index contributed by atoms with van der Waals surface area (Å²) < 4.78 is 2.61. The largest absolute Gasteiger partial charge is 0.309 e. The molecule has 0 saturated heterocycles. The molecular formula is C49H35NS. The Morgan fingerprint density at radius 3 is 1.98 bits per heavy atom. The van der Waals surface area contributed by atoms with Gasteiger partial charge >= 0.3 is 0 Å². The van der Waals surface area contributed by atoms with Crippen LogP contribution in [0.1, 0.15) is 25.0 Å². The van der Waals surface area contributed by atoms with E-state index >= 15 is 0 Å². The van der Waals surface area contributed by atoms with Gasteiger partial charge in [-0.25, -0.2) is 0 Å². The molecule has 0 saturated carbocycles. The number of benzene rings is 8. The molecule has 0 fully saturated rings. The number of hydrogen-bond donors (Lipinski definition) is 0. The quantitative estimate of drug-likeness (QED) is 0.176. The van der Waals surface area contributed by atoms with Crippen LogP contribution in [0.15, 0.2) is 176 Å². The molecule has 10 rings (SSSR count). The number of thiophene rings is 1. The topological polar surface area (TPSA) is 3.24 Å². The second-order valence-corrected chi connectivity index (χ2v) is 15.2. The van der Waals surface area contributed by atoms with Crippen LogP contribution in [0.25, 0.3) is 64.3 Å². The van der Waals surface area contributed by atoms with E-state index in [2.05, 4.69) is 195 Å². The Kier molecular flexibility index (Phi) is 6.78. The van der Waals surface area contributed by atoms with Gasteiger partial charge in [0.05, 0.1) is 10.4 Å². The minimum absolute atomic E-state index is 0.0871. The zero-order valence-electron chi connectivity index (χ0n) is 28.6. The van der Waals surface area contributed by atoms with Gasteiger partial charge in [-0.3, -0.25) is 0 Å². The maximum absolute atomic E-state index is 2.47. The van der Waals surface area contributed by atoms with Gasteiger partial charge < -0.3 is 4.90 Å². The van der Waals surface area contributed by atoms with Gasteiger partial charge in [-0.05, 0) is 97.7 Å². The van der Waals surface area contributed by atoms with Crippen molar-refractivity contribution in [3.05, 3.63) is 187 Å². The van der Waals surface area contributed by atoms with Crippen LogP contribution in [-0.4, -0.2) is 0 Å². The monoisotopic (exact) mass is 669 g/mol. The van der Waals surface area contributed by atoms with E-state index < -0.39 is 0 Å². The van der Waals surface area contributed by atoms with Crippen LogP contribution in [0.3, 0.4) is 0 Å². The first-order chi connectivity index (χ1) is 25.0. The molecule has 1 nitrogen and oxygen atoms in total. The highest BCUT2D eigenvalue weighted by Gasteiger charge is 2.35. The zero-order chi connectivity index (χ0) is 34.1. The Balaban J connectivity index is 1.11. The average molecular weight is 670 g/mol. The Bertz CT molecular complexity index is 2780. The molecule has 0 aliphatic heterocycles. The van der Waals surface area contributed by atoms with Crippen molar-refractivity contribution in [1.29, 1.82) is 0 Å². The summed E-state index contributed by atoms with van der Waals surface area (Å²) in [4.78, 5) is 2.47. The third-order valence-electron chi connectivity index (χ3n) is 10.9. The van der Waals surface area contributed by atoms with E-state index in [-0.39, 0.29) is 5.41 Å². The molecule has 0 atom stereocenters. The highest BCUT2D eigenvalue weighted by Crippen LogP contribution is 2.51. The maximum Gasteiger partial charge on any atom is 0.0640 e. The molecule has 0 N–H and O–H groups in total. The molecule has 0 radical (unpaired) electrons. The van der Waals surface area contributed by atoms with Crippen LogP contribution in [0.4, 0.5) is 17.1 Å². The Morgan fingerprint density at radius 1 is 0.431 bits per heavy atom. The molecule has 0 amide bonds. The zero-order valence-corrected chi connectivity index (χ0v) is 29.4. The Hall–Kier alpha value is -5.96. The molecule has 9 aromatic rings. The fraction of sp³-hybridized carbons (Fsp3) is 0.0612. The predicted octanol–water partition coefficient (Wildman–Crippen LogP) is 14.3. The molecule has 242 valence electrons. The van der Waals surface area contributed by atoms with Crippen LogP contribution in [0.5, 0.6) is 0 Å². The van der Waals surface area contributed by atoms with Crippen molar-refractivity contribution in [3.63, 3.8) is 0 Å². The van der Waals surface area contributed by atoms with Gasteiger partial charge in [0.15, 0.2) is 0 Å². The van der Waals surface area contributed by atoms with Crippen LogP contribution in [0.2, 0.25) is 0 Å². The highest BCUT2D eigenvalue weighted by molar-refractivity contribution is 7.26. The third kappa shape index (κ3) is 4.75. The normalized spacial score (nSPS) is 13.1. The minimum atomic E-state index is -0.0871. The molecule has 1 heterocycles. The average Bonchev–Trinajstić information content (AvgIpc) is 3.68. The van der Waals surface area contributed by atoms with Crippen molar-refractivity contribution in [3.8, 4) is 33.4 Å². The molecular weight excluding hydrogens is 635 g/mol. The molecule has 0 spiro atoms. The first-order valence-corrected chi connectivity index (χ1v) is 18.5. The lowest BCUT2D eigenvalue weighted by molar-refractivity contribution is 0.660. The van der Waals surface area contributed by atoms with Gasteiger partial charge in [0.2, 0.25) is 0 Å². The lowest BCUT2D eigenvalue weighted by Crippen LogP contribution is -2.16. The number of fused-ring (bicyclic) bond motifs is 7. The van der Waals surface area contributed by atoms with Gasteiger partial charge in [-0.2, -0.15) is 0 Å². The van der Waals surface area contributed by atoms with Crippen molar-refractivity contribution in [2.75, 3.05) is 4.90 Å². The van der Waals surface area contributed by atoms with E-state index in [1.165, 1.54) is 86.8 Å². The molecule has 51 heavy (non-hydrogen) atoms. The summed E-state index contributed by atoms with van der Waals surface area (Å²) in [6.07, 6.45) is 0. The van der Waals surface area contributed by atoms with Crippen LogP contribution >= 0.6 is 11.3 Å². The van der Waals surface area contributed by atoms with Crippen molar-refractivity contribution >= 4 is 59.3 Å². The van der Waals surface area contributed by atoms with E-state index in [0.717, 1.165) is 5.69 Å². The highest BCUT2D eigenvalue weighted by atomic mass is 32.1. The first kappa shape index (κ1) is 29.9. The molecule has 1 aromatic heterocycles. The lowest BCUT2D eigenvalue weighted by atomic mass is 9.82. The van der Waals surface area contributed by atoms with Crippen LogP contribution in [-0.2, 0) is 5.41 Å². The minimum Gasteiger partial charge on any atom is -0.309 e. The SMILES string of the molecule is CC1(C)c2ccccc2-c2ccc(N(c3ccc(-c4cccc(-c5cccc6ccccc56)c4)cc3)c3cccc4c3sc3ccccc34)cc21. The number of rotatable bonds is 5. The van der Waals surface area contributed by atoms with Gasteiger partial charge in [0, 0.05) is 32.3 Å². The fourth-order valence-corrected chi connectivity index (χ4v) is 9.52. The van der Waals surface area contributed by atoms with E-state index in [1.807, 2.05) is 11.3 Å². The third-order valence-corrected chi connectivity index (χ3v) is 12.1. The van der Waals surface area contributed by atoms with Crippen molar-refractivity contribution in [2.24, 2.45) is 0 Å². The predicted molar refractivity (Wildman–Crippen MR) is 220 cm³/mol. The molecule has 1 aliphatic carbocycles. The summed E-state index contributed by atoms with van der Waals surface area (Å²) in [5.74, 6) is 0. The van der Waals surface area contributed by atoms with Crippen molar-refractivity contribution in [2.45, 2.75) is 19.3 Å². The van der Waals surface area contributed by atoms with Crippen LogP contribution in [0, 0.1) is 0 Å². The van der Waals surface area contributed by atoms with Crippen molar-refractivity contribution in [1.82, 2.24) is 0 Å². The smallest absolute Gasteiger partial charge is 0.0640 e. The van der Waals surface area contributed by atoms with E-state index in [9.17, 15) is 0 Å². The molecule has 0 bridgehead atoms. The van der Waals surface area contributed by atoms with Crippen molar-refractivity contribution < 1.29 is 0 Å². The second kappa shape index (κ2) is 11.6. The summed E-state index contributed by atoms with van der Waals surface area (Å²) in [5, 5.41) is 5.15. The van der Waals surface area contributed by atoms with E-state index in [1.54, 1.807) is 0 Å². The summed E-state index contributed by atoms with van der Waals surface area (Å²) in [6.45, 7) is 4.72. The van der Waals surface area contributed by atoms with Gasteiger partial charge in [0.1, 0.15) is 0 Å². The Labute approximate surface area is 302 Å². The molecule has 0 unspecified atom stereocenters. The molecule has 2 heteroatoms. The van der Waals surface area contributed by atoms with E-state index in [0.29, 0.717) is 0 Å². The second-order valence-electron chi connectivity index (χ2n) is 14.1. The lowest BCUT2D eigenvalue weighted by Gasteiger charge is -2.28. The molecule has 8 aromatic carbocycles. The number of anilines is 3. The number of nitrogens with zero attached hydrogens (tertiary/aromatic N) is 1. The summed E-state index contributed by atoms with van der Waals surface area (Å²) in [7, 11) is 0. The summed E-state index contributed by atoms with van der Waals surface area (Å²) in [6, 6.07) is 64.8. The Morgan fingerprint density at radius 2 is 1.08 bits per heavy atom. The summed E-state index contributed by atoms with van der Waals surface area (Å²) >= 11 is 1.88.